The standard InChI is InChI=1S/C9H11N5O/c10-2-1-7-3-9(15)14(13-7)8-4-11-6-12-5-8/h4-6H,1-3,10H2. The Hall–Kier alpha value is -1.82. The zero-order valence-corrected chi connectivity index (χ0v) is 8.13. The van der Waals surface area contributed by atoms with E-state index in [0.717, 1.165) is 5.71 Å². The third-order valence-corrected chi connectivity index (χ3v) is 2.06. The molecule has 6 heteroatoms. The molecule has 1 aliphatic rings. The first-order valence-electron chi connectivity index (χ1n) is 4.65. The molecule has 0 bridgehead atoms. The van der Waals surface area contributed by atoms with Gasteiger partial charge in [-0.2, -0.15) is 10.1 Å². The average Bonchev–Trinajstić information content (AvgIpc) is 2.61. The Morgan fingerprint density at radius 1 is 1.40 bits per heavy atom. The molecule has 0 spiro atoms. The Balaban J connectivity index is 2.20. The SMILES string of the molecule is NCCC1=NN(c2cncnc2)C(=O)C1. The summed E-state index contributed by atoms with van der Waals surface area (Å²) in [4.78, 5) is 19.2. The Kier molecular flexibility index (Phi) is 2.68. The van der Waals surface area contributed by atoms with Gasteiger partial charge in [0.25, 0.3) is 5.91 Å². The van der Waals surface area contributed by atoms with Crippen molar-refractivity contribution >= 4 is 17.3 Å². The first-order chi connectivity index (χ1) is 7.31. The molecule has 0 fully saturated rings. The maximum atomic E-state index is 11.6. The molecular formula is C9H11N5O. The van der Waals surface area contributed by atoms with Crippen LogP contribution in [0.15, 0.2) is 23.8 Å². The number of hydrogen-bond donors (Lipinski definition) is 1. The van der Waals surface area contributed by atoms with Crippen LogP contribution < -0.4 is 10.7 Å². The van der Waals surface area contributed by atoms with E-state index in [-0.39, 0.29) is 5.91 Å². The monoisotopic (exact) mass is 205 g/mol. The smallest absolute Gasteiger partial charge is 0.253 e. The van der Waals surface area contributed by atoms with Crippen molar-refractivity contribution in [3.63, 3.8) is 0 Å². The van der Waals surface area contributed by atoms with E-state index >= 15 is 0 Å². The number of amides is 1. The molecule has 1 amide bonds. The molecule has 15 heavy (non-hydrogen) atoms. The minimum absolute atomic E-state index is 0.0618. The van der Waals surface area contributed by atoms with Gasteiger partial charge in [-0.25, -0.2) is 9.97 Å². The highest BCUT2D eigenvalue weighted by atomic mass is 16.2. The van der Waals surface area contributed by atoms with Gasteiger partial charge in [-0.05, 0) is 6.54 Å². The Morgan fingerprint density at radius 3 is 2.80 bits per heavy atom. The molecular weight excluding hydrogens is 194 g/mol. The summed E-state index contributed by atoms with van der Waals surface area (Å²) in [6.45, 7) is 0.505. The van der Waals surface area contributed by atoms with Gasteiger partial charge in [0.2, 0.25) is 0 Å². The number of rotatable bonds is 3. The van der Waals surface area contributed by atoms with Crippen LogP contribution in [0.25, 0.3) is 0 Å². The lowest BCUT2D eigenvalue weighted by Gasteiger charge is -2.09. The van der Waals surface area contributed by atoms with Crippen molar-refractivity contribution in [1.82, 2.24) is 9.97 Å². The van der Waals surface area contributed by atoms with Gasteiger partial charge >= 0.3 is 0 Å². The summed E-state index contributed by atoms with van der Waals surface area (Å²) in [7, 11) is 0. The summed E-state index contributed by atoms with van der Waals surface area (Å²) in [5, 5.41) is 5.49. The summed E-state index contributed by atoms with van der Waals surface area (Å²) < 4.78 is 0. The summed E-state index contributed by atoms with van der Waals surface area (Å²) >= 11 is 0. The van der Waals surface area contributed by atoms with E-state index < -0.39 is 0 Å². The quantitative estimate of drug-likeness (QED) is 0.747. The number of carbonyl (C=O) groups excluding carboxylic acids is 1. The zero-order chi connectivity index (χ0) is 10.7. The van der Waals surface area contributed by atoms with Crippen LogP contribution in [0.2, 0.25) is 0 Å². The highest BCUT2D eigenvalue weighted by Gasteiger charge is 2.24. The van der Waals surface area contributed by atoms with Crippen molar-refractivity contribution in [1.29, 1.82) is 0 Å². The first-order valence-corrected chi connectivity index (χ1v) is 4.65. The highest BCUT2D eigenvalue weighted by molar-refractivity contribution is 6.12. The van der Waals surface area contributed by atoms with E-state index in [1.807, 2.05) is 0 Å². The Bertz CT molecular complexity index is 389. The molecule has 2 rings (SSSR count). The number of hydrazone groups is 1. The predicted octanol–water partition coefficient (Wildman–Crippen LogP) is -0.0819. The minimum Gasteiger partial charge on any atom is -0.330 e. The number of anilines is 1. The number of hydrogen-bond acceptors (Lipinski definition) is 5. The maximum Gasteiger partial charge on any atom is 0.253 e. The van der Waals surface area contributed by atoms with Crippen molar-refractivity contribution in [2.24, 2.45) is 10.8 Å². The van der Waals surface area contributed by atoms with E-state index in [4.69, 9.17) is 5.73 Å². The van der Waals surface area contributed by atoms with Crippen LogP contribution in [-0.2, 0) is 4.79 Å². The lowest BCUT2D eigenvalue weighted by Crippen LogP contribution is -2.19. The fourth-order valence-corrected chi connectivity index (χ4v) is 1.39. The lowest BCUT2D eigenvalue weighted by atomic mass is 10.2. The van der Waals surface area contributed by atoms with Crippen LogP contribution >= 0.6 is 0 Å². The zero-order valence-electron chi connectivity index (χ0n) is 8.13. The number of nitrogens with two attached hydrogens (primary N) is 1. The molecule has 1 aromatic heterocycles. The summed E-state index contributed by atoms with van der Waals surface area (Å²) in [5.41, 5.74) is 6.81. The molecule has 0 radical (unpaired) electrons. The molecule has 2 heterocycles. The fourth-order valence-electron chi connectivity index (χ4n) is 1.39. The number of carbonyl (C=O) groups is 1. The number of nitrogens with zero attached hydrogens (tertiary/aromatic N) is 4. The predicted molar refractivity (Wildman–Crippen MR) is 55.2 cm³/mol. The molecule has 0 aliphatic carbocycles. The van der Waals surface area contributed by atoms with Gasteiger partial charge in [-0.3, -0.25) is 4.79 Å². The highest BCUT2D eigenvalue weighted by Crippen LogP contribution is 2.18. The Labute approximate surface area is 86.8 Å². The van der Waals surface area contributed by atoms with Gasteiger partial charge in [0, 0.05) is 12.1 Å². The van der Waals surface area contributed by atoms with Crippen LogP contribution in [0.1, 0.15) is 12.8 Å². The summed E-state index contributed by atoms with van der Waals surface area (Å²) in [6, 6.07) is 0. The van der Waals surface area contributed by atoms with Gasteiger partial charge in [-0.15, -0.1) is 0 Å². The molecule has 0 saturated heterocycles. The fraction of sp³-hybridized carbons (Fsp3) is 0.333. The molecule has 2 N–H and O–H groups in total. The maximum absolute atomic E-state index is 11.6. The largest absolute Gasteiger partial charge is 0.330 e. The Morgan fingerprint density at radius 2 is 2.13 bits per heavy atom. The first kappa shape index (κ1) is 9.72. The van der Waals surface area contributed by atoms with Gasteiger partial charge in [0.15, 0.2) is 0 Å². The van der Waals surface area contributed by atoms with Gasteiger partial charge < -0.3 is 5.73 Å². The van der Waals surface area contributed by atoms with Crippen LogP contribution in [0.4, 0.5) is 5.69 Å². The lowest BCUT2D eigenvalue weighted by molar-refractivity contribution is -0.116. The molecule has 6 nitrogen and oxygen atoms in total. The molecule has 0 unspecified atom stereocenters. The van der Waals surface area contributed by atoms with Crippen LogP contribution in [0, 0.1) is 0 Å². The van der Waals surface area contributed by atoms with E-state index in [1.54, 1.807) is 12.4 Å². The minimum atomic E-state index is -0.0618. The third kappa shape index (κ3) is 1.99. The van der Waals surface area contributed by atoms with Crippen molar-refractivity contribution in [2.45, 2.75) is 12.8 Å². The topological polar surface area (TPSA) is 84.5 Å². The molecule has 0 atom stereocenters. The van der Waals surface area contributed by atoms with Gasteiger partial charge in [-0.1, -0.05) is 0 Å². The molecule has 1 aromatic rings. The van der Waals surface area contributed by atoms with Crippen molar-refractivity contribution in [3.8, 4) is 0 Å². The van der Waals surface area contributed by atoms with Crippen LogP contribution in [0.3, 0.4) is 0 Å². The van der Waals surface area contributed by atoms with Gasteiger partial charge in [0.05, 0.1) is 18.8 Å². The van der Waals surface area contributed by atoms with Crippen LogP contribution in [-0.4, -0.2) is 28.1 Å². The molecule has 0 aromatic carbocycles. The summed E-state index contributed by atoms with van der Waals surface area (Å²) in [5.74, 6) is -0.0618. The van der Waals surface area contributed by atoms with E-state index in [0.29, 0.717) is 25.1 Å². The van der Waals surface area contributed by atoms with E-state index in [1.165, 1.54) is 11.3 Å². The molecule has 78 valence electrons. The second kappa shape index (κ2) is 4.14. The normalized spacial score (nSPS) is 15.7. The second-order valence-corrected chi connectivity index (χ2v) is 3.18. The second-order valence-electron chi connectivity index (χ2n) is 3.18. The molecule has 0 saturated carbocycles. The average molecular weight is 205 g/mol. The van der Waals surface area contributed by atoms with Gasteiger partial charge in [0.1, 0.15) is 12.0 Å². The summed E-state index contributed by atoms with van der Waals surface area (Å²) in [6.07, 6.45) is 5.51. The van der Waals surface area contributed by atoms with Crippen molar-refractivity contribution in [3.05, 3.63) is 18.7 Å². The van der Waals surface area contributed by atoms with E-state index in [2.05, 4.69) is 15.1 Å². The van der Waals surface area contributed by atoms with Crippen molar-refractivity contribution < 1.29 is 4.79 Å². The molecule has 1 aliphatic heterocycles. The van der Waals surface area contributed by atoms with Crippen molar-refractivity contribution in [2.75, 3.05) is 11.6 Å². The van der Waals surface area contributed by atoms with E-state index in [9.17, 15) is 4.79 Å². The number of aromatic nitrogens is 2. The van der Waals surface area contributed by atoms with Crippen LogP contribution in [0.5, 0.6) is 0 Å². The third-order valence-electron chi connectivity index (χ3n) is 2.06.